The molecule has 6 heterocycles. The number of halogens is 3. The number of rotatable bonds is 32. The van der Waals surface area contributed by atoms with Crippen molar-refractivity contribution in [3.05, 3.63) is 89.1 Å². The average molecular weight is 1420 g/mol. The fourth-order valence-corrected chi connectivity index (χ4v) is 16.2. The van der Waals surface area contributed by atoms with E-state index in [0.29, 0.717) is 52.1 Å². The van der Waals surface area contributed by atoms with Crippen LogP contribution in [0.25, 0.3) is 63.8 Å². The first kappa shape index (κ1) is 70.0. The van der Waals surface area contributed by atoms with E-state index in [2.05, 4.69) is 116 Å². The van der Waals surface area contributed by atoms with Crippen molar-refractivity contribution in [1.29, 1.82) is 0 Å². The molecule has 0 saturated carbocycles. The third kappa shape index (κ3) is 22.8. The van der Waals surface area contributed by atoms with Gasteiger partial charge in [0.2, 0.25) is 0 Å². The van der Waals surface area contributed by atoms with Crippen molar-refractivity contribution in [3.8, 4) is 41.8 Å². The number of thiol groups is 1. The maximum absolute atomic E-state index is 11.6. The number of benzene rings is 2. The number of carbonyl (C=O) groups is 4. The summed E-state index contributed by atoms with van der Waals surface area (Å²) in [7, 11) is 3.34. The quantitative estimate of drug-likeness (QED) is 0.0139. The average Bonchev–Trinajstić information content (AvgIpc) is 1.89. The summed E-state index contributed by atoms with van der Waals surface area (Å²) < 4.78 is 59.5. The number of thiophene rings is 4. The molecule has 85 heavy (non-hydrogen) atoms. The third-order valence-electron chi connectivity index (χ3n) is 13.4. The summed E-state index contributed by atoms with van der Waals surface area (Å²) in [5, 5.41) is 4.31. The van der Waals surface area contributed by atoms with Gasteiger partial charge in [0.15, 0.2) is 0 Å². The van der Waals surface area contributed by atoms with Crippen molar-refractivity contribution in [2.24, 2.45) is 4.30 Å². The number of unbranched alkanes of at least 4 members (excludes halogenated alkanes) is 8. The molecule has 0 saturated heterocycles. The van der Waals surface area contributed by atoms with Gasteiger partial charge in [-0.1, -0.05) is 49.9 Å². The van der Waals surface area contributed by atoms with Crippen molar-refractivity contribution >= 4 is 167 Å². The zero-order valence-corrected chi connectivity index (χ0v) is 57.5. The zero-order chi connectivity index (χ0) is 62.1. The van der Waals surface area contributed by atoms with Crippen LogP contribution in [0, 0.1) is 0 Å². The minimum absolute atomic E-state index is 0.102. The van der Waals surface area contributed by atoms with Gasteiger partial charge >= 0.3 is 48.6 Å². The molecule has 13 nitrogen and oxygen atoms in total. The first-order chi connectivity index (χ1) is 41.9. The summed E-state index contributed by atoms with van der Waals surface area (Å²) in [4.78, 5) is 51.4. The summed E-state index contributed by atoms with van der Waals surface area (Å²) in [6, 6.07) is 17.6. The normalized spacial score (nSPS) is 11.0. The Bertz CT molecular complexity index is 3140. The van der Waals surface area contributed by atoms with Crippen molar-refractivity contribution < 1.29 is 43.9 Å². The van der Waals surface area contributed by atoms with Gasteiger partial charge < -0.3 is 18.9 Å². The standard InChI is InChI=1S/C30H34Br2N2O4S3.C30H36N2O4S3.CH3F.BHNS/c1-3-37-25(35)13-9-5-7-11-19-17-23(31)39-29(19)21-15-16-22(28-27(21)33-41-34-28)30-20(18-24(32)40-30)12-8-6-10-14-26(36)38-4-2;1-3-35-25(33)13-9-5-7-11-21-17-19-37-29(21)23-15-16-24(28-27(23)31-39-32-28)30-22(18-20-38-30)12-8-6-10-14-26(34)36-4-2;1-2;1-2-3/h15-18H,3-14H2,1-2H3;15-20H,3-14H2,1-2H3;1H3;3H/i;;1D;. The molecule has 0 bridgehead atoms. The summed E-state index contributed by atoms with van der Waals surface area (Å²) in [5.41, 5.74) is 13.6. The molecule has 0 aliphatic rings. The molecule has 0 aliphatic heterocycles. The fourth-order valence-electron chi connectivity index (χ4n) is 9.60. The van der Waals surface area contributed by atoms with E-state index in [4.69, 9.17) is 37.8 Å². The number of carbonyl (C=O) groups excluding carboxylic acids is 4. The van der Waals surface area contributed by atoms with Gasteiger partial charge in [-0.2, -0.15) is 17.5 Å². The topological polar surface area (TPSA) is 169 Å². The van der Waals surface area contributed by atoms with E-state index in [-0.39, 0.29) is 23.9 Å². The zero-order valence-electron chi connectivity index (χ0n) is 49.6. The summed E-state index contributed by atoms with van der Waals surface area (Å²) >= 11 is 20.1. The molecular formula is C61H74BBr2FN5O8S7. The number of aryl methyl sites for hydroxylation is 4. The van der Waals surface area contributed by atoms with Crippen LogP contribution >= 0.6 is 113 Å². The van der Waals surface area contributed by atoms with Crippen LogP contribution < -0.4 is 0 Å². The van der Waals surface area contributed by atoms with Crippen LogP contribution in [0.4, 0.5) is 4.39 Å². The molecular weight excluding hydrogens is 1340 g/mol. The Labute approximate surface area is 548 Å². The number of ether oxygens (including phenoxy) is 4. The van der Waals surface area contributed by atoms with Crippen LogP contribution in [0.15, 0.2) is 71.2 Å². The van der Waals surface area contributed by atoms with E-state index >= 15 is 0 Å². The molecule has 0 unspecified atom stereocenters. The molecule has 0 N–H and O–H groups in total. The molecule has 0 aliphatic carbocycles. The summed E-state index contributed by atoms with van der Waals surface area (Å²) in [6.07, 6.45) is 17.3. The molecule has 2 aromatic carbocycles. The van der Waals surface area contributed by atoms with Gasteiger partial charge in [0.1, 0.15) is 22.1 Å². The van der Waals surface area contributed by atoms with E-state index in [0.717, 1.165) is 155 Å². The monoisotopic (exact) mass is 1420 g/mol. The molecule has 1 radical (unpaired) electrons. The predicted molar refractivity (Wildman–Crippen MR) is 363 cm³/mol. The van der Waals surface area contributed by atoms with Gasteiger partial charge in [-0.05, 0) is 194 Å². The van der Waals surface area contributed by atoms with Crippen LogP contribution in [0.1, 0.15) is 154 Å². The Morgan fingerprint density at radius 3 is 1.05 bits per heavy atom. The van der Waals surface area contributed by atoms with E-state index in [1.165, 1.54) is 65.2 Å². The SMILES string of the molecule is CCOC(=O)CCCCCc1cc(Br)sc1-c1ccc(-c2sc(Br)cc2CCCCCC(=O)OCC)c2nsnc12.CCOC(=O)CCCCCc1ccsc1-c1ccc(-c2sccc2CCCCCC(=O)OCC)c2nsnc12.[2H]CF.[B]=NS. The van der Waals surface area contributed by atoms with Gasteiger partial charge in [-0.25, -0.2) is 0 Å². The summed E-state index contributed by atoms with van der Waals surface area (Å²) in [6.45, 7) is 9.13. The molecule has 0 atom stereocenters. The maximum atomic E-state index is 11.6. The molecule has 0 spiro atoms. The first-order valence-electron chi connectivity index (χ1n) is 29.3. The number of hydrogen-bond donors (Lipinski definition) is 1. The van der Waals surface area contributed by atoms with Crippen molar-refractivity contribution in [2.45, 2.75) is 156 Å². The Balaban J connectivity index is 0.000000288. The molecule has 457 valence electrons. The van der Waals surface area contributed by atoms with Gasteiger partial charge in [-0.15, -0.1) is 45.3 Å². The molecule has 0 fully saturated rings. The second kappa shape index (κ2) is 40.4. The molecule has 8 aromatic rings. The second-order valence-electron chi connectivity index (χ2n) is 19.2. The number of hydrogen-bond acceptors (Lipinski definition) is 20. The van der Waals surface area contributed by atoms with E-state index in [1.807, 2.05) is 27.7 Å². The fraction of sp³-hybridized carbons (Fsp3) is 0.475. The Hall–Kier alpha value is -4.14. The van der Waals surface area contributed by atoms with Crippen LogP contribution in [0.3, 0.4) is 0 Å². The van der Waals surface area contributed by atoms with Crippen molar-refractivity contribution in [3.63, 3.8) is 0 Å². The minimum atomic E-state index is -1.00. The van der Waals surface area contributed by atoms with Gasteiger partial charge in [-0.3, -0.25) is 23.6 Å². The second-order valence-corrected chi connectivity index (χ2v) is 27.2. The predicted octanol–water partition coefficient (Wildman–Crippen LogP) is 19.3. The van der Waals surface area contributed by atoms with Crippen LogP contribution in [0.2, 0.25) is 0 Å². The van der Waals surface area contributed by atoms with Gasteiger partial charge in [0, 0.05) is 67.4 Å². The number of esters is 4. The van der Waals surface area contributed by atoms with Crippen LogP contribution in [-0.2, 0) is 63.8 Å². The van der Waals surface area contributed by atoms with Crippen LogP contribution in [-0.4, -0.2) is 82.6 Å². The Morgan fingerprint density at radius 1 is 0.494 bits per heavy atom. The molecule has 8 rings (SSSR count). The van der Waals surface area contributed by atoms with Crippen molar-refractivity contribution in [1.82, 2.24) is 17.5 Å². The Morgan fingerprint density at radius 2 is 0.765 bits per heavy atom. The number of nitrogens with zero attached hydrogens (tertiary/aromatic N) is 5. The van der Waals surface area contributed by atoms with E-state index < -0.39 is 7.15 Å². The molecule has 24 heteroatoms. The van der Waals surface area contributed by atoms with Crippen LogP contribution in [0.5, 0.6) is 0 Å². The molecule has 0 amide bonds. The first-order valence-corrected chi connectivity index (χ1v) is 35.4. The third-order valence-corrected chi connectivity index (χ3v) is 19.9. The van der Waals surface area contributed by atoms with Gasteiger partial charge in [0.25, 0.3) is 0 Å². The number of aromatic nitrogens is 4. The Kier molecular flexibility index (Phi) is 33.3. The molecule has 6 aromatic heterocycles. The summed E-state index contributed by atoms with van der Waals surface area (Å²) in [5.74, 6) is -0.426. The van der Waals surface area contributed by atoms with E-state index in [9.17, 15) is 23.6 Å². The number of alkyl halides is 1. The van der Waals surface area contributed by atoms with Gasteiger partial charge in [0.05, 0.1) is 66.0 Å². The van der Waals surface area contributed by atoms with Crippen molar-refractivity contribution in [2.75, 3.05) is 33.6 Å². The number of fused-ring (bicyclic) bond motifs is 2. The van der Waals surface area contributed by atoms with E-state index in [1.54, 1.807) is 45.3 Å².